The minimum absolute atomic E-state index is 0.327. The number of rotatable bonds is 3. The predicted molar refractivity (Wildman–Crippen MR) is 52.0 cm³/mol. The van der Waals surface area contributed by atoms with E-state index < -0.39 is 20.5 Å². The van der Waals surface area contributed by atoms with Crippen LogP contribution in [0.15, 0.2) is 17.6 Å². The topological polar surface area (TPSA) is 72.1 Å². The molecule has 0 unspecified atom stereocenters. The molecule has 0 aliphatic heterocycles. The zero-order valence-corrected chi connectivity index (χ0v) is 9.66. The number of imidazole rings is 1. The highest BCUT2D eigenvalue weighted by Gasteiger charge is 2.26. The normalized spacial score (nSPS) is 13.1. The van der Waals surface area contributed by atoms with Gasteiger partial charge in [0.05, 0.1) is 0 Å². The standard InChI is InChI=1S/C5H5Cl3N2O3S/c6-5(7,8)3-13-14(11,12)4-9-1-2-10-4/h1-2H,3H2,(H,9,10). The Labute approximate surface area is 95.4 Å². The van der Waals surface area contributed by atoms with Gasteiger partial charge in [-0.3, -0.25) is 4.18 Å². The molecule has 1 N–H and O–H groups in total. The van der Waals surface area contributed by atoms with Crippen molar-refractivity contribution in [1.82, 2.24) is 9.97 Å². The number of hydrogen-bond donors (Lipinski definition) is 1. The lowest BCUT2D eigenvalue weighted by Gasteiger charge is -2.09. The van der Waals surface area contributed by atoms with E-state index in [0.29, 0.717) is 0 Å². The zero-order valence-electron chi connectivity index (χ0n) is 6.58. The second-order valence-electron chi connectivity index (χ2n) is 2.23. The van der Waals surface area contributed by atoms with E-state index in [1.807, 2.05) is 0 Å². The van der Waals surface area contributed by atoms with Crippen LogP contribution in [-0.4, -0.2) is 28.8 Å². The molecule has 0 saturated carbocycles. The van der Waals surface area contributed by atoms with Crippen molar-refractivity contribution in [3.05, 3.63) is 12.4 Å². The Kier molecular flexibility index (Phi) is 3.65. The van der Waals surface area contributed by atoms with Gasteiger partial charge in [0.1, 0.15) is 6.61 Å². The third-order valence-corrected chi connectivity index (χ3v) is 2.54. The first-order chi connectivity index (χ1) is 6.31. The Balaban J connectivity index is 2.70. The second-order valence-corrected chi connectivity index (χ2v) is 6.27. The average Bonchev–Trinajstić information content (AvgIpc) is 2.52. The molecule has 0 atom stereocenters. The Hall–Kier alpha value is -0.0100. The van der Waals surface area contributed by atoms with Crippen molar-refractivity contribution in [2.75, 3.05) is 6.61 Å². The molecular formula is C5H5Cl3N2O3S. The SMILES string of the molecule is O=S(=O)(OCC(Cl)(Cl)Cl)c1ncc[nH]1. The Bertz CT molecular complexity index is 383. The molecule has 0 radical (unpaired) electrons. The maximum Gasteiger partial charge on any atom is 0.331 e. The average molecular weight is 280 g/mol. The molecule has 0 aromatic carbocycles. The van der Waals surface area contributed by atoms with Crippen molar-refractivity contribution in [3.63, 3.8) is 0 Å². The predicted octanol–water partition coefficient (Wildman–Crippen LogP) is 1.49. The molecule has 0 bridgehead atoms. The molecule has 0 saturated heterocycles. The van der Waals surface area contributed by atoms with Gasteiger partial charge in [-0.05, 0) is 0 Å². The minimum atomic E-state index is -3.97. The summed E-state index contributed by atoms with van der Waals surface area (Å²) in [6, 6.07) is 0. The Morgan fingerprint density at radius 1 is 1.50 bits per heavy atom. The van der Waals surface area contributed by atoms with E-state index in [1.165, 1.54) is 12.4 Å². The van der Waals surface area contributed by atoms with Crippen molar-refractivity contribution >= 4 is 44.9 Å². The van der Waals surface area contributed by atoms with E-state index in [4.69, 9.17) is 34.8 Å². The fraction of sp³-hybridized carbons (Fsp3) is 0.400. The van der Waals surface area contributed by atoms with Gasteiger partial charge >= 0.3 is 10.1 Å². The van der Waals surface area contributed by atoms with Crippen LogP contribution < -0.4 is 0 Å². The van der Waals surface area contributed by atoms with Crippen molar-refractivity contribution in [1.29, 1.82) is 0 Å². The molecule has 1 rings (SSSR count). The molecule has 1 aromatic heterocycles. The summed E-state index contributed by atoms with van der Waals surface area (Å²) in [6.07, 6.45) is 2.61. The number of aromatic nitrogens is 2. The summed E-state index contributed by atoms with van der Waals surface area (Å²) in [5, 5.41) is -0.327. The molecule has 0 fully saturated rings. The van der Waals surface area contributed by atoms with Gasteiger partial charge in [-0.15, -0.1) is 0 Å². The van der Waals surface area contributed by atoms with Crippen LogP contribution in [0.1, 0.15) is 0 Å². The molecule has 14 heavy (non-hydrogen) atoms. The molecule has 1 aromatic rings. The van der Waals surface area contributed by atoms with Crippen LogP contribution in [0.3, 0.4) is 0 Å². The zero-order chi connectivity index (χ0) is 10.8. The highest BCUT2D eigenvalue weighted by atomic mass is 35.6. The summed E-state index contributed by atoms with van der Waals surface area (Å²) in [4.78, 5) is 5.85. The first-order valence-corrected chi connectivity index (χ1v) is 5.81. The molecule has 0 aliphatic carbocycles. The summed E-state index contributed by atoms with van der Waals surface area (Å²) < 4.78 is 25.1. The highest BCUT2D eigenvalue weighted by Crippen LogP contribution is 2.27. The first-order valence-electron chi connectivity index (χ1n) is 3.27. The second kappa shape index (κ2) is 4.24. The fourth-order valence-corrected chi connectivity index (χ4v) is 1.79. The Morgan fingerprint density at radius 2 is 2.14 bits per heavy atom. The van der Waals surface area contributed by atoms with Crippen LogP contribution in [0, 0.1) is 0 Å². The van der Waals surface area contributed by atoms with Gasteiger partial charge in [-0.1, -0.05) is 34.8 Å². The minimum Gasteiger partial charge on any atom is -0.334 e. The van der Waals surface area contributed by atoms with Gasteiger partial charge < -0.3 is 4.98 Å². The van der Waals surface area contributed by atoms with Crippen molar-refractivity contribution < 1.29 is 12.6 Å². The highest BCUT2D eigenvalue weighted by molar-refractivity contribution is 7.86. The van der Waals surface area contributed by atoms with Gasteiger partial charge in [0.2, 0.25) is 3.79 Å². The van der Waals surface area contributed by atoms with E-state index in [-0.39, 0.29) is 5.16 Å². The summed E-state index contributed by atoms with van der Waals surface area (Å²) in [5.41, 5.74) is 0. The van der Waals surface area contributed by atoms with Crippen molar-refractivity contribution in [3.8, 4) is 0 Å². The van der Waals surface area contributed by atoms with Gasteiger partial charge in [0.15, 0.2) is 0 Å². The summed E-state index contributed by atoms with van der Waals surface area (Å²) >= 11 is 15.9. The van der Waals surface area contributed by atoms with Crippen molar-refractivity contribution in [2.24, 2.45) is 0 Å². The maximum absolute atomic E-state index is 11.2. The first kappa shape index (κ1) is 12.1. The van der Waals surface area contributed by atoms with Crippen LogP contribution in [0.5, 0.6) is 0 Å². The molecule has 0 amide bonds. The fourth-order valence-electron chi connectivity index (χ4n) is 0.588. The lowest BCUT2D eigenvalue weighted by Crippen LogP contribution is -2.18. The largest absolute Gasteiger partial charge is 0.334 e. The van der Waals surface area contributed by atoms with E-state index in [0.717, 1.165) is 0 Å². The maximum atomic E-state index is 11.2. The number of halogens is 3. The number of alkyl halides is 3. The monoisotopic (exact) mass is 278 g/mol. The summed E-state index contributed by atoms with van der Waals surface area (Å²) in [5.74, 6) is 0. The number of nitrogens with zero attached hydrogens (tertiary/aromatic N) is 1. The smallest absolute Gasteiger partial charge is 0.331 e. The molecule has 9 heteroatoms. The third kappa shape index (κ3) is 3.62. The van der Waals surface area contributed by atoms with Crippen molar-refractivity contribution in [2.45, 2.75) is 8.95 Å². The number of hydrogen-bond acceptors (Lipinski definition) is 4. The quantitative estimate of drug-likeness (QED) is 0.672. The molecule has 5 nitrogen and oxygen atoms in total. The lowest BCUT2D eigenvalue weighted by molar-refractivity contribution is 0.322. The Morgan fingerprint density at radius 3 is 2.57 bits per heavy atom. The molecule has 0 aliphatic rings. The van der Waals surface area contributed by atoms with Gasteiger partial charge in [0, 0.05) is 12.4 Å². The van der Waals surface area contributed by atoms with Gasteiger partial charge in [0.25, 0.3) is 5.16 Å². The summed E-state index contributed by atoms with van der Waals surface area (Å²) in [7, 11) is -3.97. The molecule has 80 valence electrons. The van der Waals surface area contributed by atoms with E-state index in [2.05, 4.69) is 14.2 Å². The summed E-state index contributed by atoms with van der Waals surface area (Å²) in [6.45, 7) is -0.569. The van der Waals surface area contributed by atoms with E-state index in [1.54, 1.807) is 0 Å². The number of H-pyrrole nitrogens is 1. The van der Waals surface area contributed by atoms with Crippen LogP contribution >= 0.6 is 34.8 Å². The van der Waals surface area contributed by atoms with Gasteiger partial charge in [-0.25, -0.2) is 4.98 Å². The lowest BCUT2D eigenvalue weighted by atomic mass is 10.9. The molecule has 0 spiro atoms. The van der Waals surface area contributed by atoms with Gasteiger partial charge in [-0.2, -0.15) is 8.42 Å². The van der Waals surface area contributed by atoms with Crippen LogP contribution in [0.4, 0.5) is 0 Å². The molecular weight excluding hydrogens is 274 g/mol. The van der Waals surface area contributed by atoms with E-state index >= 15 is 0 Å². The van der Waals surface area contributed by atoms with Crippen LogP contribution in [0.2, 0.25) is 0 Å². The molecule has 1 heterocycles. The van der Waals surface area contributed by atoms with Crippen LogP contribution in [-0.2, 0) is 14.3 Å². The number of nitrogens with one attached hydrogen (secondary N) is 1. The third-order valence-electron chi connectivity index (χ3n) is 1.09. The number of aromatic amines is 1. The van der Waals surface area contributed by atoms with E-state index in [9.17, 15) is 8.42 Å². The van der Waals surface area contributed by atoms with Crippen LogP contribution in [0.25, 0.3) is 0 Å².